The van der Waals surface area contributed by atoms with Gasteiger partial charge in [0, 0.05) is 32.0 Å². The average Bonchev–Trinajstić information content (AvgIpc) is 3.24. The number of hydrogen-bond donors (Lipinski definition) is 1. The maximum absolute atomic E-state index is 6.10. The molecule has 6 nitrogen and oxygen atoms in total. The summed E-state index contributed by atoms with van der Waals surface area (Å²) < 4.78 is 8.26. The molecule has 1 N–H and O–H groups in total. The van der Waals surface area contributed by atoms with Crippen LogP contribution in [0.3, 0.4) is 0 Å². The molecule has 1 aromatic heterocycles. The molecule has 0 saturated carbocycles. The third kappa shape index (κ3) is 5.33. The van der Waals surface area contributed by atoms with Crippen LogP contribution >= 0.6 is 0 Å². The van der Waals surface area contributed by atoms with E-state index in [-0.39, 0.29) is 6.10 Å². The Morgan fingerprint density at radius 1 is 1.16 bits per heavy atom. The van der Waals surface area contributed by atoms with Gasteiger partial charge in [-0.1, -0.05) is 54.6 Å². The number of benzene rings is 2. The lowest BCUT2D eigenvalue weighted by atomic mass is 10.0. The lowest BCUT2D eigenvalue weighted by Gasteiger charge is -2.35. The van der Waals surface area contributed by atoms with E-state index < -0.39 is 0 Å². The average molecular weight is 418 g/mol. The van der Waals surface area contributed by atoms with Gasteiger partial charge in [0.05, 0.1) is 13.2 Å². The van der Waals surface area contributed by atoms with Crippen molar-refractivity contribution >= 4 is 5.96 Å². The number of morpholine rings is 1. The molecule has 31 heavy (non-hydrogen) atoms. The molecule has 1 atom stereocenters. The molecule has 2 heterocycles. The minimum absolute atomic E-state index is 0.0545. The van der Waals surface area contributed by atoms with Gasteiger partial charge in [-0.15, -0.1) is 0 Å². The van der Waals surface area contributed by atoms with E-state index in [1.54, 1.807) is 0 Å². The lowest BCUT2D eigenvalue weighted by Crippen LogP contribution is -2.48. The van der Waals surface area contributed by atoms with Gasteiger partial charge < -0.3 is 19.5 Å². The Hall–Kier alpha value is -3.12. The van der Waals surface area contributed by atoms with Crippen LogP contribution in [0.5, 0.6) is 0 Å². The van der Waals surface area contributed by atoms with Crippen LogP contribution < -0.4 is 5.32 Å². The topological polar surface area (TPSA) is 54.7 Å². The normalized spacial score (nSPS) is 17.0. The van der Waals surface area contributed by atoms with Gasteiger partial charge in [0.1, 0.15) is 18.5 Å². The fourth-order valence-electron chi connectivity index (χ4n) is 3.97. The number of ether oxygens (including phenoxy) is 1. The first-order valence-corrected chi connectivity index (χ1v) is 11.0. The fraction of sp³-hybridized carbons (Fsp3) is 0.360. The molecule has 162 valence electrons. The molecule has 1 saturated heterocycles. The summed E-state index contributed by atoms with van der Waals surface area (Å²) in [5.74, 6) is 1.88. The summed E-state index contributed by atoms with van der Waals surface area (Å²) in [6.07, 6.45) is 3.93. The van der Waals surface area contributed by atoms with Crippen molar-refractivity contribution in [1.29, 1.82) is 0 Å². The van der Waals surface area contributed by atoms with Gasteiger partial charge in [-0.25, -0.2) is 9.98 Å². The van der Waals surface area contributed by atoms with Crippen molar-refractivity contribution in [1.82, 2.24) is 19.8 Å². The van der Waals surface area contributed by atoms with Crippen molar-refractivity contribution in [3.63, 3.8) is 0 Å². The van der Waals surface area contributed by atoms with Gasteiger partial charge >= 0.3 is 0 Å². The van der Waals surface area contributed by atoms with Crippen LogP contribution in [0.2, 0.25) is 0 Å². The molecule has 0 bridgehead atoms. The number of imidazole rings is 1. The SMILES string of the molecule is CCNC(=NCc1nccn1Cc1ccccc1)N1CCOC(c2ccccc2C)C1. The van der Waals surface area contributed by atoms with Crippen LogP contribution in [0.1, 0.15) is 35.5 Å². The van der Waals surface area contributed by atoms with Gasteiger partial charge in [0.15, 0.2) is 5.96 Å². The molecular formula is C25H31N5O. The number of nitrogens with one attached hydrogen (secondary N) is 1. The third-order valence-corrected chi connectivity index (χ3v) is 5.60. The van der Waals surface area contributed by atoms with Crippen LogP contribution in [0.25, 0.3) is 0 Å². The molecule has 0 radical (unpaired) electrons. The molecule has 1 aliphatic heterocycles. The summed E-state index contributed by atoms with van der Waals surface area (Å²) in [6.45, 7) is 8.70. The Labute approximate surface area is 184 Å². The fourth-order valence-corrected chi connectivity index (χ4v) is 3.97. The quantitative estimate of drug-likeness (QED) is 0.490. The number of guanidine groups is 1. The summed E-state index contributed by atoms with van der Waals surface area (Å²) in [6, 6.07) is 18.9. The maximum atomic E-state index is 6.10. The smallest absolute Gasteiger partial charge is 0.194 e. The highest BCUT2D eigenvalue weighted by Crippen LogP contribution is 2.25. The highest BCUT2D eigenvalue weighted by molar-refractivity contribution is 5.80. The molecule has 6 heteroatoms. The van der Waals surface area contributed by atoms with Crippen molar-refractivity contribution in [2.75, 3.05) is 26.2 Å². The summed E-state index contributed by atoms with van der Waals surface area (Å²) >= 11 is 0. The summed E-state index contributed by atoms with van der Waals surface area (Å²) in [5, 5.41) is 3.45. The minimum atomic E-state index is 0.0545. The molecular weight excluding hydrogens is 386 g/mol. The van der Waals surface area contributed by atoms with E-state index in [9.17, 15) is 0 Å². The standard InChI is InChI=1S/C25H31N5O/c1-3-26-25(30-15-16-31-23(19-30)22-12-8-7-9-20(22)2)28-17-24-27-13-14-29(24)18-21-10-5-4-6-11-21/h4-14,23H,3,15-19H2,1-2H3,(H,26,28). The molecule has 0 spiro atoms. The van der Waals surface area contributed by atoms with Crippen molar-refractivity contribution in [3.05, 3.63) is 89.5 Å². The van der Waals surface area contributed by atoms with E-state index in [4.69, 9.17) is 9.73 Å². The van der Waals surface area contributed by atoms with E-state index >= 15 is 0 Å². The molecule has 0 aliphatic carbocycles. The van der Waals surface area contributed by atoms with Gasteiger partial charge in [0.25, 0.3) is 0 Å². The van der Waals surface area contributed by atoms with Crippen LogP contribution in [0, 0.1) is 6.92 Å². The van der Waals surface area contributed by atoms with E-state index in [1.807, 2.05) is 18.5 Å². The van der Waals surface area contributed by atoms with E-state index in [0.29, 0.717) is 13.2 Å². The Morgan fingerprint density at radius 3 is 2.77 bits per heavy atom. The zero-order chi connectivity index (χ0) is 21.5. The Morgan fingerprint density at radius 2 is 1.97 bits per heavy atom. The predicted octanol–water partition coefficient (Wildman–Crippen LogP) is 3.78. The molecule has 1 fully saturated rings. The second-order valence-corrected chi connectivity index (χ2v) is 7.79. The third-order valence-electron chi connectivity index (χ3n) is 5.60. The number of aliphatic imine (C=N–C) groups is 1. The molecule has 1 aliphatic rings. The molecule has 1 unspecified atom stereocenters. The van der Waals surface area contributed by atoms with Crippen LogP contribution in [0.4, 0.5) is 0 Å². The Bertz CT molecular complexity index is 998. The second kappa shape index (κ2) is 10.3. The minimum Gasteiger partial charge on any atom is -0.370 e. The van der Waals surface area contributed by atoms with Crippen LogP contribution in [-0.4, -0.2) is 46.7 Å². The zero-order valence-corrected chi connectivity index (χ0v) is 18.4. The van der Waals surface area contributed by atoms with Crippen LogP contribution in [-0.2, 0) is 17.8 Å². The second-order valence-electron chi connectivity index (χ2n) is 7.79. The lowest BCUT2D eigenvalue weighted by molar-refractivity contribution is -0.00834. The van der Waals surface area contributed by atoms with E-state index in [2.05, 4.69) is 82.1 Å². The maximum Gasteiger partial charge on any atom is 0.194 e. The number of aromatic nitrogens is 2. The predicted molar refractivity (Wildman–Crippen MR) is 124 cm³/mol. The largest absolute Gasteiger partial charge is 0.370 e. The monoisotopic (exact) mass is 417 g/mol. The number of nitrogens with zero attached hydrogens (tertiary/aromatic N) is 4. The first-order chi connectivity index (χ1) is 15.2. The van der Waals surface area contributed by atoms with Crippen molar-refractivity contribution in [3.8, 4) is 0 Å². The zero-order valence-electron chi connectivity index (χ0n) is 18.4. The Kier molecular flexibility index (Phi) is 6.99. The molecule has 2 aromatic carbocycles. The summed E-state index contributed by atoms with van der Waals surface area (Å²) in [5.41, 5.74) is 3.77. The van der Waals surface area contributed by atoms with Gasteiger partial charge in [-0.2, -0.15) is 0 Å². The Balaban J connectivity index is 1.48. The number of hydrogen-bond acceptors (Lipinski definition) is 3. The van der Waals surface area contributed by atoms with Crippen molar-refractivity contribution in [2.45, 2.75) is 33.0 Å². The van der Waals surface area contributed by atoms with Crippen molar-refractivity contribution in [2.24, 2.45) is 4.99 Å². The first-order valence-electron chi connectivity index (χ1n) is 11.0. The van der Waals surface area contributed by atoms with Crippen molar-refractivity contribution < 1.29 is 4.74 Å². The summed E-state index contributed by atoms with van der Waals surface area (Å²) in [4.78, 5) is 11.8. The molecule has 3 aromatic rings. The number of rotatable bonds is 6. The van der Waals surface area contributed by atoms with Gasteiger partial charge in [-0.05, 0) is 30.5 Å². The van der Waals surface area contributed by atoms with Crippen LogP contribution in [0.15, 0.2) is 72.0 Å². The summed E-state index contributed by atoms with van der Waals surface area (Å²) in [7, 11) is 0. The highest BCUT2D eigenvalue weighted by atomic mass is 16.5. The van der Waals surface area contributed by atoms with E-state index in [0.717, 1.165) is 38.0 Å². The van der Waals surface area contributed by atoms with E-state index in [1.165, 1.54) is 16.7 Å². The highest BCUT2D eigenvalue weighted by Gasteiger charge is 2.25. The molecule has 4 rings (SSSR count). The first kappa shape index (κ1) is 21.1. The molecule has 0 amide bonds. The van der Waals surface area contributed by atoms with Gasteiger partial charge in [-0.3, -0.25) is 0 Å². The van der Waals surface area contributed by atoms with Gasteiger partial charge in [0.2, 0.25) is 0 Å². The number of aryl methyl sites for hydroxylation is 1.